The lowest BCUT2D eigenvalue weighted by Gasteiger charge is -2.12. The molecule has 0 spiro atoms. The molecule has 0 radical (unpaired) electrons. The highest BCUT2D eigenvalue weighted by atomic mass is 32.2. The Labute approximate surface area is 122 Å². The van der Waals surface area contributed by atoms with Crippen LogP contribution in [0.2, 0.25) is 0 Å². The van der Waals surface area contributed by atoms with Crippen molar-refractivity contribution in [3.8, 4) is 0 Å². The minimum atomic E-state index is -4.21. The molecule has 0 unspecified atom stereocenters. The fraction of sp³-hybridized carbons (Fsp3) is 0.300. The first-order valence-corrected chi connectivity index (χ1v) is 10.8. The summed E-state index contributed by atoms with van der Waals surface area (Å²) in [5.41, 5.74) is -0.902. The number of carbonyl (C=O) groups is 1. The second-order valence-electron chi connectivity index (χ2n) is 4.42. The first-order chi connectivity index (χ1) is 9.15. The fourth-order valence-electron chi connectivity index (χ4n) is 1.61. The molecule has 1 rings (SSSR count). The van der Waals surface area contributed by atoms with Crippen LogP contribution in [0.3, 0.4) is 0 Å². The maximum absolute atomic E-state index is 11.7. The number of aromatic carboxylic acids is 1. The van der Waals surface area contributed by atoms with E-state index in [2.05, 4.69) is 0 Å². The third-order valence-electron chi connectivity index (χ3n) is 2.46. The molecule has 0 aromatic heterocycles. The van der Waals surface area contributed by atoms with Gasteiger partial charge in [0.1, 0.15) is 0 Å². The van der Waals surface area contributed by atoms with E-state index in [0.29, 0.717) is 24.6 Å². The summed E-state index contributed by atoms with van der Waals surface area (Å²) in [5.74, 6) is -1.74. The van der Waals surface area contributed by atoms with E-state index in [-0.39, 0.29) is 0 Å². The van der Waals surface area contributed by atoms with E-state index in [9.17, 15) is 30.0 Å². The first kappa shape index (κ1) is 17.6. The van der Waals surface area contributed by atoms with E-state index < -0.39 is 55.7 Å². The zero-order valence-electron chi connectivity index (χ0n) is 11.2. The summed E-state index contributed by atoms with van der Waals surface area (Å²) in [7, 11) is -12.3. The third-order valence-corrected chi connectivity index (χ3v) is 5.98. The second kappa shape index (κ2) is 5.07. The van der Waals surface area contributed by atoms with Gasteiger partial charge in [0.05, 0.1) is 20.2 Å². The average Bonchev–Trinajstić information content (AvgIpc) is 2.23. The van der Waals surface area contributed by atoms with E-state index >= 15 is 0 Å². The predicted octanol–water partition coefficient (Wildman–Crippen LogP) is -0.405. The highest BCUT2D eigenvalue weighted by Gasteiger charge is 2.30. The molecule has 1 N–H and O–H groups in total. The Morgan fingerprint density at radius 1 is 0.857 bits per heavy atom. The standard InChI is InChI=1S/C10H12O8S3/c1-19(13,14)6-4-7(10(11)12)9(21(3,17)18)8(5-6)20(2,15)16/h4-5H,1-3H3,(H,11,12). The number of benzene rings is 1. The molecule has 0 atom stereocenters. The summed E-state index contributed by atoms with van der Waals surface area (Å²) < 4.78 is 69.8. The number of hydrogen-bond acceptors (Lipinski definition) is 7. The minimum Gasteiger partial charge on any atom is -0.478 e. The normalized spacial score (nSPS) is 13.1. The molecule has 0 saturated carbocycles. The van der Waals surface area contributed by atoms with Crippen LogP contribution in [0, 0.1) is 0 Å². The molecular weight excluding hydrogens is 344 g/mol. The summed E-state index contributed by atoms with van der Waals surface area (Å²) in [6.45, 7) is 0. The van der Waals surface area contributed by atoms with Gasteiger partial charge in [0, 0.05) is 18.8 Å². The maximum atomic E-state index is 11.7. The Morgan fingerprint density at radius 3 is 1.62 bits per heavy atom. The molecule has 0 fully saturated rings. The Kier molecular flexibility index (Phi) is 4.25. The maximum Gasteiger partial charge on any atom is 0.337 e. The van der Waals surface area contributed by atoms with Gasteiger partial charge in [0.2, 0.25) is 0 Å². The largest absolute Gasteiger partial charge is 0.478 e. The number of hydrogen-bond donors (Lipinski definition) is 1. The number of carboxylic acid groups (broad SMARTS) is 1. The molecule has 1 aromatic rings. The van der Waals surface area contributed by atoms with Crippen molar-refractivity contribution in [2.24, 2.45) is 0 Å². The zero-order valence-corrected chi connectivity index (χ0v) is 13.6. The Hall–Kier alpha value is -1.46. The Morgan fingerprint density at radius 2 is 1.33 bits per heavy atom. The van der Waals surface area contributed by atoms with Gasteiger partial charge in [-0.3, -0.25) is 0 Å². The Bertz CT molecular complexity index is 921. The minimum absolute atomic E-state index is 0.590. The van der Waals surface area contributed by atoms with Crippen molar-refractivity contribution in [3.05, 3.63) is 17.7 Å². The smallest absolute Gasteiger partial charge is 0.337 e. The monoisotopic (exact) mass is 356 g/mol. The van der Waals surface area contributed by atoms with Crippen LogP contribution in [0.25, 0.3) is 0 Å². The summed E-state index contributed by atoms with van der Waals surface area (Å²) in [5, 5.41) is 9.06. The van der Waals surface area contributed by atoms with Gasteiger partial charge >= 0.3 is 5.97 Å². The van der Waals surface area contributed by atoms with Crippen LogP contribution in [-0.4, -0.2) is 55.1 Å². The first-order valence-electron chi connectivity index (χ1n) is 5.17. The summed E-state index contributed by atoms with van der Waals surface area (Å²) in [6, 6.07) is 1.27. The van der Waals surface area contributed by atoms with E-state index in [0.717, 1.165) is 6.26 Å². The second-order valence-corrected chi connectivity index (χ2v) is 10.4. The van der Waals surface area contributed by atoms with Crippen molar-refractivity contribution in [1.82, 2.24) is 0 Å². The van der Waals surface area contributed by atoms with Crippen LogP contribution in [0.4, 0.5) is 0 Å². The van der Waals surface area contributed by atoms with Crippen molar-refractivity contribution in [2.45, 2.75) is 14.7 Å². The molecule has 0 amide bonds. The molecule has 0 aliphatic rings. The molecular formula is C10H12O8S3. The van der Waals surface area contributed by atoms with Gasteiger partial charge in [-0.2, -0.15) is 0 Å². The van der Waals surface area contributed by atoms with E-state index in [1.54, 1.807) is 0 Å². The molecule has 1 aromatic carbocycles. The molecule has 21 heavy (non-hydrogen) atoms. The molecule has 8 nitrogen and oxygen atoms in total. The highest BCUT2D eigenvalue weighted by molar-refractivity contribution is 7.94. The van der Waals surface area contributed by atoms with E-state index in [1.165, 1.54) is 0 Å². The van der Waals surface area contributed by atoms with Crippen LogP contribution in [0.5, 0.6) is 0 Å². The molecule has 0 saturated heterocycles. The third kappa shape index (κ3) is 3.80. The van der Waals surface area contributed by atoms with Gasteiger partial charge in [0.15, 0.2) is 29.5 Å². The van der Waals surface area contributed by atoms with E-state index in [1.807, 2.05) is 0 Å². The fourth-order valence-corrected chi connectivity index (χ4v) is 5.01. The van der Waals surface area contributed by atoms with Gasteiger partial charge in [0.25, 0.3) is 0 Å². The molecule has 118 valence electrons. The zero-order chi connectivity index (χ0) is 16.8. The lowest BCUT2D eigenvalue weighted by atomic mass is 10.2. The van der Waals surface area contributed by atoms with Crippen LogP contribution >= 0.6 is 0 Å². The van der Waals surface area contributed by atoms with Crippen molar-refractivity contribution in [2.75, 3.05) is 18.8 Å². The van der Waals surface area contributed by atoms with Crippen LogP contribution in [0.15, 0.2) is 26.8 Å². The van der Waals surface area contributed by atoms with Gasteiger partial charge in [-0.15, -0.1) is 0 Å². The molecule has 0 aliphatic carbocycles. The summed E-state index contributed by atoms with van der Waals surface area (Å²) in [4.78, 5) is 8.80. The lowest BCUT2D eigenvalue weighted by Crippen LogP contribution is -2.15. The lowest BCUT2D eigenvalue weighted by molar-refractivity contribution is 0.0691. The molecule has 0 bridgehead atoms. The quantitative estimate of drug-likeness (QED) is 0.768. The van der Waals surface area contributed by atoms with Gasteiger partial charge in [-0.1, -0.05) is 0 Å². The summed E-state index contributed by atoms with van der Waals surface area (Å²) >= 11 is 0. The van der Waals surface area contributed by atoms with Gasteiger partial charge < -0.3 is 5.11 Å². The molecule has 0 aliphatic heterocycles. The predicted molar refractivity (Wildman–Crippen MR) is 72.7 cm³/mol. The van der Waals surface area contributed by atoms with Crippen molar-refractivity contribution in [1.29, 1.82) is 0 Å². The number of sulfone groups is 3. The highest BCUT2D eigenvalue weighted by Crippen LogP contribution is 2.29. The van der Waals surface area contributed by atoms with Crippen molar-refractivity contribution in [3.63, 3.8) is 0 Å². The number of rotatable bonds is 4. The van der Waals surface area contributed by atoms with Crippen molar-refractivity contribution < 1.29 is 35.2 Å². The van der Waals surface area contributed by atoms with Crippen LogP contribution in [-0.2, 0) is 29.5 Å². The summed E-state index contributed by atoms with van der Waals surface area (Å²) in [6.07, 6.45) is 2.05. The van der Waals surface area contributed by atoms with Gasteiger partial charge in [-0.25, -0.2) is 30.0 Å². The SMILES string of the molecule is CS(=O)(=O)c1cc(C(=O)O)c(S(C)(=O)=O)c(S(C)(=O)=O)c1. The Balaban J connectivity index is 4.19. The number of carboxylic acids is 1. The molecule has 11 heteroatoms. The van der Waals surface area contributed by atoms with Crippen LogP contribution in [0.1, 0.15) is 10.4 Å². The molecule has 0 heterocycles. The topological polar surface area (TPSA) is 140 Å². The van der Waals surface area contributed by atoms with Crippen molar-refractivity contribution >= 4 is 35.5 Å². The van der Waals surface area contributed by atoms with E-state index in [4.69, 9.17) is 5.11 Å². The van der Waals surface area contributed by atoms with Gasteiger partial charge in [-0.05, 0) is 12.1 Å². The van der Waals surface area contributed by atoms with Crippen LogP contribution < -0.4 is 0 Å². The average molecular weight is 356 g/mol.